The molecule has 0 aliphatic carbocycles. The van der Waals surface area contributed by atoms with E-state index in [1.54, 1.807) is 0 Å². The molecule has 0 saturated heterocycles. The smallest absolute Gasteiger partial charge is 0.0992 e. The SMILES string of the molecule is CCCNC(c1cc(Cl)sc1Cl)C(C)(C)CC. The summed E-state index contributed by atoms with van der Waals surface area (Å²) in [5, 5.41) is 3.59. The molecule has 0 aliphatic heterocycles. The summed E-state index contributed by atoms with van der Waals surface area (Å²) in [5.74, 6) is 0. The molecule has 1 unspecified atom stereocenters. The Morgan fingerprint density at radius 1 is 1.35 bits per heavy atom. The van der Waals surface area contributed by atoms with E-state index < -0.39 is 0 Å². The number of hydrogen-bond donors (Lipinski definition) is 1. The minimum atomic E-state index is 0.170. The summed E-state index contributed by atoms with van der Waals surface area (Å²) in [6.45, 7) is 9.91. The zero-order valence-corrected chi connectivity index (χ0v) is 13.3. The Kier molecular flexibility index (Phi) is 5.78. The molecule has 0 spiro atoms. The molecule has 1 atom stereocenters. The van der Waals surface area contributed by atoms with Crippen molar-refractivity contribution in [3.8, 4) is 0 Å². The van der Waals surface area contributed by atoms with Crippen LogP contribution < -0.4 is 5.32 Å². The minimum Gasteiger partial charge on any atom is -0.309 e. The molecule has 0 amide bonds. The van der Waals surface area contributed by atoms with Crippen LogP contribution in [-0.4, -0.2) is 6.54 Å². The van der Waals surface area contributed by atoms with Crippen molar-refractivity contribution in [2.45, 2.75) is 46.6 Å². The van der Waals surface area contributed by atoms with Gasteiger partial charge in [-0.25, -0.2) is 0 Å². The average Bonchev–Trinajstić information content (AvgIpc) is 2.58. The van der Waals surface area contributed by atoms with Crippen LogP contribution in [-0.2, 0) is 0 Å². The monoisotopic (exact) mass is 293 g/mol. The Bertz CT molecular complexity index is 360. The summed E-state index contributed by atoms with van der Waals surface area (Å²) < 4.78 is 1.57. The number of rotatable bonds is 6. The van der Waals surface area contributed by atoms with Gasteiger partial charge in [0.1, 0.15) is 0 Å². The van der Waals surface area contributed by atoms with Crippen molar-refractivity contribution < 1.29 is 0 Å². The second kappa shape index (κ2) is 6.42. The molecule has 1 aromatic heterocycles. The van der Waals surface area contributed by atoms with Crippen LogP contribution in [0.3, 0.4) is 0 Å². The zero-order chi connectivity index (χ0) is 13.1. The van der Waals surface area contributed by atoms with E-state index in [1.165, 1.54) is 11.3 Å². The maximum absolute atomic E-state index is 6.28. The van der Waals surface area contributed by atoms with Crippen molar-refractivity contribution in [2.24, 2.45) is 5.41 Å². The van der Waals surface area contributed by atoms with Gasteiger partial charge in [-0.1, -0.05) is 50.9 Å². The molecule has 98 valence electrons. The molecule has 17 heavy (non-hydrogen) atoms. The van der Waals surface area contributed by atoms with E-state index in [2.05, 4.69) is 33.0 Å². The summed E-state index contributed by atoms with van der Waals surface area (Å²) in [5.41, 5.74) is 1.31. The van der Waals surface area contributed by atoms with Gasteiger partial charge in [0.25, 0.3) is 0 Å². The van der Waals surface area contributed by atoms with Crippen molar-refractivity contribution in [1.82, 2.24) is 5.32 Å². The summed E-state index contributed by atoms with van der Waals surface area (Å²) in [6, 6.07) is 2.27. The van der Waals surface area contributed by atoms with Gasteiger partial charge in [0.05, 0.1) is 8.67 Å². The highest BCUT2D eigenvalue weighted by atomic mass is 35.5. The summed E-state index contributed by atoms with van der Waals surface area (Å²) >= 11 is 13.8. The number of thiophene rings is 1. The van der Waals surface area contributed by atoms with Crippen molar-refractivity contribution in [1.29, 1.82) is 0 Å². The molecular weight excluding hydrogens is 273 g/mol. The normalized spacial score (nSPS) is 14.0. The fourth-order valence-corrected chi connectivity index (χ4v) is 3.38. The van der Waals surface area contributed by atoms with Crippen molar-refractivity contribution in [3.63, 3.8) is 0 Å². The zero-order valence-electron chi connectivity index (χ0n) is 10.9. The molecular formula is C13H21Cl2NS. The fourth-order valence-electron chi connectivity index (χ4n) is 1.85. The Hall–Kier alpha value is 0.240. The standard InChI is InChI=1S/C13H21Cl2NS/c1-5-7-16-11(13(3,4)6-2)9-8-10(14)17-12(9)15/h8,11,16H,5-7H2,1-4H3. The molecule has 0 aromatic carbocycles. The van der Waals surface area contributed by atoms with Gasteiger partial charge in [0.15, 0.2) is 0 Å². The summed E-state index contributed by atoms with van der Waals surface area (Å²) in [4.78, 5) is 0. The molecule has 1 aromatic rings. The fraction of sp³-hybridized carbons (Fsp3) is 0.692. The molecule has 0 saturated carbocycles. The molecule has 0 fully saturated rings. The second-order valence-corrected chi connectivity index (χ2v) is 7.29. The average molecular weight is 294 g/mol. The van der Waals surface area contributed by atoms with E-state index in [9.17, 15) is 0 Å². The Balaban J connectivity index is 3.01. The lowest BCUT2D eigenvalue weighted by molar-refractivity contribution is 0.235. The first-order valence-corrected chi connectivity index (χ1v) is 7.67. The number of hydrogen-bond acceptors (Lipinski definition) is 2. The Labute approximate surface area is 119 Å². The van der Waals surface area contributed by atoms with E-state index >= 15 is 0 Å². The lowest BCUT2D eigenvalue weighted by Crippen LogP contribution is -2.34. The first kappa shape index (κ1) is 15.3. The third-order valence-electron chi connectivity index (χ3n) is 3.29. The van der Waals surface area contributed by atoms with Gasteiger partial charge in [-0.05, 0) is 30.9 Å². The summed E-state index contributed by atoms with van der Waals surface area (Å²) in [7, 11) is 0. The second-order valence-electron chi connectivity index (χ2n) is 5.01. The van der Waals surface area contributed by atoms with Gasteiger partial charge < -0.3 is 5.32 Å². The number of halogens is 2. The Morgan fingerprint density at radius 3 is 2.41 bits per heavy atom. The van der Waals surface area contributed by atoms with E-state index in [4.69, 9.17) is 23.2 Å². The van der Waals surface area contributed by atoms with Crippen molar-refractivity contribution >= 4 is 34.5 Å². The molecule has 1 rings (SSSR count). The molecule has 1 heterocycles. The van der Waals surface area contributed by atoms with Crippen LogP contribution in [0.15, 0.2) is 6.07 Å². The minimum absolute atomic E-state index is 0.170. The lowest BCUT2D eigenvalue weighted by atomic mass is 9.79. The molecule has 4 heteroatoms. The topological polar surface area (TPSA) is 12.0 Å². The first-order valence-electron chi connectivity index (χ1n) is 6.10. The van der Waals surface area contributed by atoms with Crippen LogP contribution in [0.4, 0.5) is 0 Å². The van der Waals surface area contributed by atoms with Crippen molar-refractivity contribution in [3.05, 3.63) is 20.3 Å². The number of nitrogens with one attached hydrogen (secondary N) is 1. The van der Waals surface area contributed by atoms with E-state index in [0.29, 0.717) is 0 Å². The Morgan fingerprint density at radius 2 is 2.00 bits per heavy atom. The van der Waals surface area contributed by atoms with Gasteiger partial charge in [0, 0.05) is 11.6 Å². The highest BCUT2D eigenvalue weighted by Gasteiger charge is 2.31. The van der Waals surface area contributed by atoms with Gasteiger partial charge in [-0.3, -0.25) is 0 Å². The van der Waals surface area contributed by atoms with Crippen molar-refractivity contribution in [2.75, 3.05) is 6.54 Å². The highest BCUT2D eigenvalue weighted by molar-refractivity contribution is 7.20. The maximum Gasteiger partial charge on any atom is 0.0992 e. The van der Waals surface area contributed by atoms with E-state index in [1.807, 2.05) is 6.07 Å². The van der Waals surface area contributed by atoms with Gasteiger partial charge in [-0.2, -0.15) is 0 Å². The largest absolute Gasteiger partial charge is 0.309 e. The van der Waals surface area contributed by atoms with Crippen LogP contribution in [0, 0.1) is 5.41 Å². The molecule has 0 bridgehead atoms. The molecule has 1 N–H and O–H groups in total. The first-order chi connectivity index (χ1) is 7.92. The maximum atomic E-state index is 6.28. The van der Waals surface area contributed by atoms with Crippen LogP contribution >= 0.6 is 34.5 Å². The van der Waals surface area contributed by atoms with Gasteiger partial charge in [-0.15, -0.1) is 11.3 Å². The predicted molar refractivity (Wildman–Crippen MR) is 79.4 cm³/mol. The van der Waals surface area contributed by atoms with Gasteiger partial charge in [0.2, 0.25) is 0 Å². The van der Waals surface area contributed by atoms with Gasteiger partial charge >= 0.3 is 0 Å². The van der Waals surface area contributed by atoms with Crippen LogP contribution in [0.5, 0.6) is 0 Å². The predicted octanol–water partition coefficient (Wildman–Crippen LogP) is 5.53. The third kappa shape index (κ3) is 3.85. The third-order valence-corrected chi connectivity index (χ3v) is 4.80. The summed E-state index contributed by atoms with van der Waals surface area (Å²) in [6.07, 6.45) is 2.21. The van der Waals surface area contributed by atoms with E-state index in [-0.39, 0.29) is 11.5 Å². The van der Waals surface area contributed by atoms with Crippen LogP contribution in [0.2, 0.25) is 8.67 Å². The molecule has 0 radical (unpaired) electrons. The quantitative estimate of drug-likeness (QED) is 0.727. The van der Waals surface area contributed by atoms with E-state index in [0.717, 1.165) is 33.6 Å². The molecule has 1 nitrogen and oxygen atoms in total. The van der Waals surface area contributed by atoms with Crippen LogP contribution in [0.25, 0.3) is 0 Å². The molecule has 0 aliphatic rings. The lowest BCUT2D eigenvalue weighted by Gasteiger charge is -2.34. The van der Waals surface area contributed by atoms with Crippen LogP contribution in [0.1, 0.15) is 52.1 Å². The highest BCUT2D eigenvalue weighted by Crippen LogP contribution is 2.43.